The third-order valence-corrected chi connectivity index (χ3v) is 6.43. The maximum absolute atomic E-state index is 14.9. The van der Waals surface area contributed by atoms with Crippen molar-refractivity contribution in [2.24, 2.45) is 5.92 Å². The van der Waals surface area contributed by atoms with Crippen LogP contribution >= 0.6 is 0 Å². The van der Waals surface area contributed by atoms with Gasteiger partial charge < -0.3 is 19.7 Å². The zero-order valence-corrected chi connectivity index (χ0v) is 16.8. The molecule has 6 nitrogen and oxygen atoms in total. The molecule has 28 heavy (non-hydrogen) atoms. The van der Waals surface area contributed by atoms with Gasteiger partial charge in [0.15, 0.2) is 11.6 Å². The van der Waals surface area contributed by atoms with Crippen LogP contribution < -0.4 is 4.74 Å². The van der Waals surface area contributed by atoms with E-state index in [4.69, 9.17) is 4.74 Å². The van der Waals surface area contributed by atoms with E-state index in [-0.39, 0.29) is 23.7 Å². The highest BCUT2D eigenvalue weighted by molar-refractivity contribution is 5.91. The van der Waals surface area contributed by atoms with Crippen LogP contribution in [0.1, 0.15) is 57.9 Å². The fourth-order valence-corrected chi connectivity index (χ4v) is 5.28. The van der Waals surface area contributed by atoms with Gasteiger partial charge in [0, 0.05) is 18.3 Å². The number of piperidine rings is 2. The number of methoxy groups -OCH3 is 1. The Hall–Kier alpha value is -2.15. The van der Waals surface area contributed by atoms with Crippen LogP contribution in [0.5, 0.6) is 5.75 Å². The van der Waals surface area contributed by atoms with Crippen LogP contribution in [0.2, 0.25) is 0 Å². The van der Waals surface area contributed by atoms with Gasteiger partial charge in [-0.15, -0.1) is 0 Å². The van der Waals surface area contributed by atoms with Crippen molar-refractivity contribution in [1.29, 1.82) is 0 Å². The number of aliphatic hydroxyl groups is 1. The average Bonchev–Trinajstić information content (AvgIpc) is 3.04. The number of carbonyl (C=O) groups is 1. The van der Waals surface area contributed by atoms with E-state index in [9.17, 15) is 14.3 Å². The molecule has 0 aromatic carbocycles. The second kappa shape index (κ2) is 6.72. The van der Waals surface area contributed by atoms with Gasteiger partial charge >= 0.3 is 0 Å². The molecule has 3 unspecified atom stereocenters. The topological polar surface area (TPSA) is 78.5 Å². The first kappa shape index (κ1) is 19.2. The predicted molar refractivity (Wildman–Crippen MR) is 104 cm³/mol. The molecule has 1 amide bonds. The number of H-pyrrole nitrogens is 1. The zero-order valence-electron chi connectivity index (χ0n) is 16.8. The van der Waals surface area contributed by atoms with E-state index in [0.29, 0.717) is 35.4 Å². The second-order valence-electron chi connectivity index (χ2n) is 8.86. The Morgan fingerprint density at radius 1 is 1.43 bits per heavy atom. The minimum Gasteiger partial charge on any atom is -0.492 e. The largest absolute Gasteiger partial charge is 0.492 e. The third kappa shape index (κ3) is 3.05. The molecular formula is C21H28FN3O3. The van der Waals surface area contributed by atoms with Crippen LogP contribution in [-0.2, 0) is 4.79 Å². The molecule has 4 heterocycles. The van der Waals surface area contributed by atoms with Gasteiger partial charge in [0.25, 0.3) is 0 Å². The predicted octanol–water partition coefficient (Wildman–Crippen LogP) is 3.35. The van der Waals surface area contributed by atoms with Gasteiger partial charge in [0.2, 0.25) is 5.91 Å². The van der Waals surface area contributed by atoms with Gasteiger partial charge in [-0.1, -0.05) is 6.92 Å². The molecule has 2 aromatic rings. The van der Waals surface area contributed by atoms with Crippen molar-refractivity contribution in [2.45, 2.75) is 70.1 Å². The second-order valence-corrected chi connectivity index (χ2v) is 8.86. The minimum absolute atomic E-state index is 0.0134. The lowest BCUT2D eigenvalue weighted by molar-refractivity contribution is -0.153. The molecule has 2 bridgehead atoms. The molecule has 2 fully saturated rings. The number of fused-ring (bicyclic) bond motifs is 3. The average molecular weight is 389 g/mol. The maximum Gasteiger partial charge on any atom is 0.230 e. The van der Waals surface area contributed by atoms with Crippen molar-refractivity contribution >= 4 is 16.9 Å². The Kier molecular flexibility index (Phi) is 4.61. The highest BCUT2D eigenvalue weighted by Crippen LogP contribution is 2.43. The summed E-state index contributed by atoms with van der Waals surface area (Å²) in [7, 11) is 1.40. The normalized spacial score (nSPS) is 31.1. The highest BCUT2D eigenvalue weighted by atomic mass is 19.1. The number of carbonyl (C=O) groups excluding carboxylic acids is 1. The number of aromatic nitrogens is 2. The van der Waals surface area contributed by atoms with Crippen molar-refractivity contribution < 1.29 is 19.0 Å². The Bertz CT molecular complexity index is 892. The lowest BCUT2D eigenvalue weighted by Gasteiger charge is -2.53. The number of halogens is 1. The number of pyridine rings is 1. The monoisotopic (exact) mass is 389 g/mol. The minimum atomic E-state index is -0.736. The lowest BCUT2D eigenvalue weighted by Crippen LogP contribution is -2.61. The first-order valence-corrected chi connectivity index (χ1v) is 9.96. The first-order valence-electron chi connectivity index (χ1n) is 9.96. The molecule has 4 rings (SSSR count). The fraction of sp³-hybridized carbons (Fsp3) is 0.619. The summed E-state index contributed by atoms with van der Waals surface area (Å²) in [5.74, 6) is -0.435. The van der Waals surface area contributed by atoms with E-state index in [1.807, 2.05) is 18.7 Å². The molecule has 0 radical (unpaired) electrons. The van der Waals surface area contributed by atoms with Crippen molar-refractivity contribution in [1.82, 2.24) is 14.9 Å². The number of nitrogens with one attached hydrogen (secondary N) is 1. The van der Waals surface area contributed by atoms with E-state index in [2.05, 4.69) is 16.9 Å². The van der Waals surface area contributed by atoms with E-state index >= 15 is 0 Å². The summed E-state index contributed by atoms with van der Waals surface area (Å²) in [6, 6.07) is 0.0466. The van der Waals surface area contributed by atoms with Crippen LogP contribution in [0.15, 0.2) is 12.4 Å². The standard InChI is InChI=1S/C21H28FN3O3/c1-11-5-13-7-21(3,27)8-14(6-11)25(13)20(26)12(2)15-9-23-19-17(15)18(22)16(28-4)10-24-19/h9-14,27H,5-8H2,1-4H3,(H,23,24). The molecule has 7 heteroatoms. The molecule has 2 N–H and O–H groups in total. The Labute approximate surface area is 164 Å². The molecule has 2 aromatic heterocycles. The zero-order chi connectivity index (χ0) is 20.2. The number of hydrogen-bond acceptors (Lipinski definition) is 4. The Balaban J connectivity index is 1.68. The van der Waals surface area contributed by atoms with Crippen molar-refractivity contribution in [3.8, 4) is 5.75 Å². The molecule has 3 atom stereocenters. The van der Waals surface area contributed by atoms with Crippen LogP contribution in [-0.4, -0.2) is 50.7 Å². The molecule has 152 valence electrons. The van der Waals surface area contributed by atoms with Crippen LogP contribution in [0.4, 0.5) is 4.39 Å². The number of hydrogen-bond donors (Lipinski definition) is 2. The fourth-order valence-electron chi connectivity index (χ4n) is 5.28. The molecule has 2 aliphatic heterocycles. The van der Waals surface area contributed by atoms with Gasteiger partial charge in [-0.2, -0.15) is 0 Å². The highest BCUT2D eigenvalue weighted by Gasteiger charge is 2.47. The van der Waals surface area contributed by atoms with E-state index in [0.717, 1.165) is 12.8 Å². The number of aromatic amines is 1. The van der Waals surface area contributed by atoms with E-state index in [1.165, 1.54) is 13.3 Å². The maximum atomic E-state index is 14.9. The summed E-state index contributed by atoms with van der Waals surface area (Å²) >= 11 is 0. The van der Waals surface area contributed by atoms with Crippen molar-refractivity contribution in [3.63, 3.8) is 0 Å². The SMILES string of the molecule is COc1cnc2[nH]cc(C(C)C(=O)N3C4CC(C)CC3CC(C)(O)C4)c2c1F. The molecule has 0 saturated carbocycles. The third-order valence-electron chi connectivity index (χ3n) is 6.43. The van der Waals surface area contributed by atoms with E-state index in [1.54, 1.807) is 6.20 Å². The van der Waals surface area contributed by atoms with Crippen LogP contribution in [0.3, 0.4) is 0 Å². The molecule has 2 aliphatic rings. The number of rotatable bonds is 3. The summed E-state index contributed by atoms with van der Waals surface area (Å²) in [6.07, 6.45) is 5.96. The lowest BCUT2D eigenvalue weighted by atomic mass is 9.72. The number of nitrogens with zero attached hydrogens (tertiary/aromatic N) is 2. The van der Waals surface area contributed by atoms with Crippen molar-refractivity contribution in [2.75, 3.05) is 7.11 Å². The van der Waals surface area contributed by atoms with Crippen molar-refractivity contribution in [3.05, 3.63) is 23.8 Å². The smallest absolute Gasteiger partial charge is 0.230 e. The summed E-state index contributed by atoms with van der Waals surface area (Å²) in [4.78, 5) is 22.6. The number of amides is 1. The Morgan fingerprint density at radius 3 is 2.68 bits per heavy atom. The summed E-state index contributed by atoms with van der Waals surface area (Å²) < 4.78 is 19.9. The van der Waals surface area contributed by atoms with E-state index < -0.39 is 17.3 Å². The summed E-state index contributed by atoms with van der Waals surface area (Å²) in [6.45, 7) is 5.88. The van der Waals surface area contributed by atoms with Gasteiger partial charge in [-0.3, -0.25) is 4.79 Å². The molecule has 2 saturated heterocycles. The van der Waals surface area contributed by atoms with Crippen LogP contribution in [0.25, 0.3) is 11.0 Å². The van der Waals surface area contributed by atoms with Gasteiger partial charge in [-0.05, 0) is 51.0 Å². The Morgan fingerprint density at radius 2 is 2.07 bits per heavy atom. The van der Waals surface area contributed by atoms with Gasteiger partial charge in [0.1, 0.15) is 5.65 Å². The van der Waals surface area contributed by atoms with Crippen LogP contribution in [0, 0.1) is 11.7 Å². The number of ether oxygens (including phenoxy) is 1. The quantitative estimate of drug-likeness (QED) is 0.844. The first-order chi connectivity index (χ1) is 13.2. The summed E-state index contributed by atoms with van der Waals surface area (Å²) in [5, 5.41) is 10.9. The van der Waals surface area contributed by atoms with Gasteiger partial charge in [0.05, 0.1) is 30.2 Å². The molecule has 0 spiro atoms. The molecular weight excluding hydrogens is 361 g/mol. The molecule has 0 aliphatic carbocycles. The summed E-state index contributed by atoms with van der Waals surface area (Å²) in [5.41, 5.74) is 0.260. The van der Waals surface area contributed by atoms with Gasteiger partial charge in [-0.25, -0.2) is 9.37 Å².